The molecule has 33 heavy (non-hydrogen) atoms. The molecule has 12 heteroatoms. The van der Waals surface area contributed by atoms with Crippen LogP contribution in [0.25, 0.3) is 0 Å². The van der Waals surface area contributed by atoms with E-state index < -0.39 is 12.1 Å². The molecule has 2 aliphatic heterocycles. The summed E-state index contributed by atoms with van der Waals surface area (Å²) in [7, 11) is 0. The van der Waals surface area contributed by atoms with E-state index in [1.54, 1.807) is 0 Å². The van der Waals surface area contributed by atoms with Gasteiger partial charge >= 0.3 is 12.1 Å². The van der Waals surface area contributed by atoms with Crippen LogP contribution in [-0.2, 0) is 24.3 Å². The molecule has 1 aliphatic carbocycles. The largest absolute Gasteiger partial charge is 0.490 e. The molecule has 0 bridgehead atoms. The van der Waals surface area contributed by atoms with Crippen LogP contribution in [0.5, 0.6) is 0 Å². The number of fused-ring (bicyclic) bond motifs is 2. The van der Waals surface area contributed by atoms with Crippen molar-refractivity contribution in [2.75, 3.05) is 13.1 Å². The van der Waals surface area contributed by atoms with Gasteiger partial charge in [0, 0.05) is 43.7 Å². The number of hydrogen-bond donors (Lipinski definition) is 2. The number of carboxylic acid groups (broad SMARTS) is 1. The smallest absolute Gasteiger partial charge is 0.475 e. The monoisotopic (exact) mass is 485 g/mol. The van der Waals surface area contributed by atoms with Crippen LogP contribution in [0.4, 0.5) is 13.2 Å². The van der Waals surface area contributed by atoms with Gasteiger partial charge in [-0.15, -0.1) is 10.2 Å². The van der Waals surface area contributed by atoms with Crippen LogP contribution >= 0.6 is 11.6 Å². The minimum absolute atomic E-state index is 0.0735. The summed E-state index contributed by atoms with van der Waals surface area (Å²) >= 11 is 6.32. The molecule has 178 valence electrons. The van der Waals surface area contributed by atoms with Crippen LogP contribution < -0.4 is 5.32 Å². The van der Waals surface area contributed by atoms with E-state index in [2.05, 4.69) is 26.5 Å². The van der Waals surface area contributed by atoms with Crippen LogP contribution in [-0.4, -0.2) is 62.0 Å². The van der Waals surface area contributed by atoms with E-state index in [0.29, 0.717) is 23.7 Å². The first-order chi connectivity index (χ1) is 15.6. The molecule has 1 saturated carbocycles. The first-order valence-electron chi connectivity index (χ1n) is 10.6. The van der Waals surface area contributed by atoms with Gasteiger partial charge in [0.25, 0.3) is 5.91 Å². The number of carboxylic acids is 1. The van der Waals surface area contributed by atoms with Crippen LogP contribution in [0.1, 0.15) is 34.8 Å². The van der Waals surface area contributed by atoms with Gasteiger partial charge in [0.1, 0.15) is 5.82 Å². The second-order valence-corrected chi connectivity index (χ2v) is 9.02. The van der Waals surface area contributed by atoms with Gasteiger partial charge in [0.15, 0.2) is 0 Å². The van der Waals surface area contributed by atoms with Crippen molar-refractivity contribution in [2.24, 2.45) is 11.8 Å². The molecule has 2 fully saturated rings. The summed E-state index contributed by atoms with van der Waals surface area (Å²) in [6, 6.07) is 8.39. The molecule has 1 aromatic carbocycles. The van der Waals surface area contributed by atoms with E-state index in [0.717, 1.165) is 56.3 Å². The van der Waals surface area contributed by atoms with E-state index in [9.17, 15) is 18.0 Å². The van der Waals surface area contributed by atoms with E-state index in [-0.39, 0.29) is 5.91 Å². The number of nitrogens with one attached hydrogen (secondary N) is 1. The Labute approximate surface area is 192 Å². The number of carbonyl (C=O) groups is 2. The molecule has 5 rings (SSSR count). The maximum Gasteiger partial charge on any atom is 0.490 e. The van der Waals surface area contributed by atoms with Crippen LogP contribution in [0, 0.1) is 11.8 Å². The summed E-state index contributed by atoms with van der Waals surface area (Å²) in [5.41, 5.74) is 1.18. The number of likely N-dealkylation sites (tertiary alicyclic amines) is 1. The fourth-order valence-corrected chi connectivity index (χ4v) is 4.46. The van der Waals surface area contributed by atoms with Gasteiger partial charge in [-0.2, -0.15) is 13.2 Å². The molecular weight excluding hydrogens is 463 g/mol. The first kappa shape index (κ1) is 23.5. The SMILES string of the molecule is O=C(NC1CC1)c1nnc2n1CC1CN(Cc3ccccc3Cl)CC1C2.O=C(O)C(F)(F)F. The lowest BCUT2D eigenvalue weighted by molar-refractivity contribution is -0.192. The van der Waals surface area contributed by atoms with Gasteiger partial charge < -0.3 is 15.0 Å². The van der Waals surface area contributed by atoms with Crippen molar-refractivity contribution < 1.29 is 27.9 Å². The normalized spacial score (nSPS) is 22.1. The predicted octanol–water partition coefficient (Wildman–Crippen LogP) is 2.76. The van der Waals surface area contributed by atoms with Gasteiger partial charge in [0.2, 0.25) is 5.82 Å². The van der Waals surface area contributed by atoms with Crippen molar-refractivity contribution in [3.8, 4) is 0 Å². The van der Waals surface area contributed by atoms with Gasteiger partial charge in [-0.1, -0.05) is 29.8 Å². The third kappa shape index (κ3) is 5.64. The molecule has 1 amide bonds. The van der Waals surface area contributed by atoms with Crippen molar-refractivity contribution in [1.82, 2.24) is 25.0 Å². The molecule has 1 aromatic heterocycles. The third-order valence-electron chi connectivity index (χ3n) is 6.05. The molecule has 3 aliphatic rings. The average Bonchev–Trinajstić information content (AvgIpc) is 3.32. The third-order valence-corrected chi connectivity index (χ3v) is 6.42. The number of aromatic nitrogens is 3. The molecule has 0 spiro atoms. The van der Waals surface area contributed by atoms with E-state index in [1.807, 2.05) is 22.8 Å². The van der Waals surface area contributed by atoms with E-state index in [1.165, 1.54) is 5.56 Å². The lowest BCUT2D eigenvalue weighted by Crippen LogP contribution is -2.33. The molecule has 2 aromatic rings. The highest BCUT2D eigenvalue weighted by Gasteiger charge is 2.40. The molecule has 1 saturated heterocycles. The Bertz CT molecular complexity index is 1040. The molecule has 8 nitrogen and oxygen atoms in total. The maximum absolute atomic E-state index is 12.4. The standard InChI is InChI=1S/C19H22ClN5O.C2HF3O2/c20-16-4-2-1-3-12(16)8-24-9-13-7-17-22-23-18(19(26)21-15-5-6-15)25(17)11-14(13)10-24;3-2(4,5)1(6)7/h1-4,13-15H,5-11H2,(H,21,26);(H,6,7). The van der Waals surface area contributed by atoms with Gasteiger partial charge in [0.05, 0.1) is 0 Å². The highest BCUT2D eigenvalue weighted by molar-refractivity contribution is 6.31. The number of amides is 1. The topological polar surface area (TPSA) is 100 Å². The Hall–Kier alpha value is -2.66. The number of benzene rings is 1. The van der Waals surface area contributed by atoms with Crippen LogP contribution in [0.2, 0.25) is 5.02 Å². The molecular formula is C21H23ClF3N5O3. The quantitative estimate of drug-likeness (QED) is 0.690. The van der Waals surface area contributed by atoms with Crippen molar-refractivity contribution in [3.05, 3.63) is 46.5 Å². The molecule has 2 atom stereocenters. The highest BCUT2D eigenvalue weighted by atomic mass is 35.5. The lowest BCUT2D eigenvalue weighted by Gasteiger charge is -2.25. The van der Waals surface area contributed by atoms with Crippen molar-refractivity contribution in [2.45, 2.75) is 44.6 Å². The van der Waals surface area contributed by atoms with Gasteiger partial charge in [-0.05, 0) is 36.3 Å². The number of hydrogen-bond acceptors (Lipinski definition) is 5. The average molecular weight is 486 g/mol. The Kier molecular flexibility index (Phi) is 6.62. The van der Waals surface area contributed by atoms with Crippen molar-refractivity contribution in [1.29, 1.82) is 0 Å². The summed E-state index contributed by atoms with van der Waals surface area (Å²) < 4.78 is 33.8. The Morgan fingerprint density at radius 1 is 1.12 bits per heavy atom. The number of halogens is 4. The zero-order valence-electron chi connectivity index (χ0n) is 17.6. The second-order valence-electron chi connectivity index (χ2n) is 8.61. The second kappa shape index (κ2) is 9.30. The maximum atomic E-state index is 12.4. The molecule has 2 unspecified atom stereocenters. The molecule has 2 N–H and O–H groups in total. The Morgan fingerprint density at radius 2 is 1.79 bits per heavy atom. The predicted molar refractivity (Wildman–Crippen MR) is 112 cm³/mol. The van der Waals surface area contributed by atoms with Gasteiger partial charge in [-0.25, -0.2) is 4.79 Å². The fraction of sp³-hybridized carbons (Fsp3) is 0.524. The van der Waals surface area contributed by atoms with Gasteiger partial charge in [-0.3, -0.25) is 9.69 Å². The zero-order chi connectivity index (χ0) is 23.8. The number of rotatable bonds is 4. The fourth-order valence-electron chi connectivity index (χ4n) is 4.26. The molecule has 0 radical (unpaired) electrons. The summed E-state index contributed by atoms with van der Waals surface area (Å²) in [6.45, 7) is 3.78. The highest BCUT2D eigenvalue weighted by Crippen LogP contribution is 2.34. The minimum atomic E-state index is -5.08. The number of alkyl halides is 3. The van der Waals surface area contributed by atoms with Crippen molar-refractivity contribution >= 4 is 23.5 Å². The first-order valence-corrected chi connectivity index (χ1v) is 11.0. The summed E-state index contributed by atoms with van der Waals surface area (Å²) in [5.74, 6) is -0.285. The van der Waals surface area contributed by atoms with Crippen molar-refractivity contribution in [3.63, 3.8) is 0 Å². The summed E-state index contributed by atoms with van der Waals surface area (Å²) in [4.78, 5) is 23.8. The van der Waals surface area contributed by atoms with Crippen LogP contribution in [0.3, 0.4) is 0 Å². The summed E-state index contributed by atoms with van der Waals surface area (Å²) in [5, 5.41) is 19.5. The Morgan fingerprint density at radius 3 is 2.42 bits per heavy atom. The minimum Gasteiger partial charge on any atom is -0.475 e. The number of aliphatic carboxylic acids is 1. The summed E-state index contributed by atoms with van der Waals surface area (Å²) in [6.07, 6.45) is -2.03. The lowest BCUT2D eigenvalue weighted by atomic mass is 9.89. The van der Waals surface area contributed by atoms with E-state index >= 15 is 0 Å². The van der Waals surface area contributed by atoms with Crippen LogP contribution in [0.15, 0.2) is 24.3 Å². The number of carbonyl (C=O) groups excluding carboxylic acids is 1. The number of nitrogens with zero attached hydrogens (tertiary/aromatic N) is 4. The molecule has 3 heterocycles. The zero-order valence-corrected chi connectivity index (χ0v) is 18.3. The van der Waals surface area contributed by atoms with E-state index in [4.69, 9.17) is 21.5 Å². The Balaban J connectivity index is 0.000000325.